The van der Waals surface area contributed by atoms with Gasteiger partial charge in [0.1, 0.15) is 0 Å². The maximum atomic E-state index is 12.4. The van der Waals surface area contributed by atoms with Crippen LogP contribution in [-0.2, 0) is 4.79 Å². The van der Waals surface area contributed by atoms with Crippen LogP contribution < -0.4 is 11.1 Å². The van der Waals surface area contributed by atoms with Crippen LogP contribution in [0.15, 0.2) is 0 Å². The third-order valence-electron chi connectivity index (χ3n) is 5.23. The SMILES string of the molecule is CC1CC(N)CCC1C(=O)NC1CCC(C)(C)CC1. The first-order valence-electron chi connectivity index (χ1n) is 7.93. The number of nitrogens with two attached hydrogens (primary N) is 1. The van der Waals surface area contributed by atoms with Crippen molar-refractivity contribution < 1.29 is 4.79 Å². The summed E-state index contributed by atoms with van der Waals surface area (Å²) in [6, 6.07) is 0.706. The fourth-order valence-electron chi connectivity index (χ4n) is 3.68. The Bertz CT molecular complexity index is 317. The first kappa shape index (κ1) is 14.8. The molecular weight excluding hydrogens is 236 g/mol. The number of amides is 1. The van der Waals surface area contributed by atoms with Crippen molar-refractivity contribution in [3.63, 3.8) is 0 Å². The molecule has 1 amide bonds. The molecule has 3 heteroatoms. The second-order valence-electron chi connectivity index (χ2n) is 7.60. The molecule has 2 saturated carbocycles. The molecule has 2 rings (SSSR count). The van der Waals surface area contributed by atoms with Gasteiger partial charge in [-0.15, -0.1) is 0 Å². The Kier molecular flexibility index (Phi) is 4.54. The Morgan fingerprint density at radius 2 is 1.79 bits per heavy atom. The average molecular weight is 266 g/mol. The van der Waals surface area contributed by atoms with Crippen LogP contribution in [0.3, 0.4) is 0 Å². The van der Waals surface area contributed by atoms with E-state index in [9.17, 15) is 4.79 Å². The Labute approximate surface area is 117 Å². The molecule has 3 unspecified atom stereocenters. The minimum absolute atomic E-state index is 0.190. The van der Waals surface area contributed by atoms with Gasteiger partial charge < -0.3 is 11.1 Å². The molecule has 3 N–H and O–H groups in total. The summed E-state index contributed by atoms with van der Waals surface area (Å²) in [6.45, 7) is 6.83. The van der Waals surface area contributed by atoms with Crippen LogP contribution in [0, 0.1) is 17.3 Å². The lowest BCUT2D eigenvalue weighted by Gasteiger charge is -2.37. The van der Waals surface area contributed by atoms with Crippen LogP contribution in [0.2, 0.25) is 0 Å². The molecule has 2 aliphatic carbocycles. The van der Waals surface area contributed by atoms with Crippen molar-refractivity contribution in [2.75, 3.05) is 0 Å². The Hall–Kier alpha value is -0.570. The van der Waals surface area contributed by atoms with Crippen molar-refractivity contribution in [2.24, 2.45) is 23.0 Å². The van der Waals surface area contributed by atoms with Gasteiger partial charge in [-0.2, -0.15) is 0 Å². The quantitative estimate of drug-likeness (QED) is 0.807. The van der Waals surface area contributed by atoms with E-state index in [0.29, 0.717) is 23.4 Å². The lowest BCUT2D eigenvalue weighted by molar-refractivity contribution is -0.128. The van der Waals surface area contributed by atoms with E-state index in [2.05, 4.69) is 26.1 Å². The molecule has 3 atom stereocenters. The number of hydrogen-bond acceptors (Lipinski definition) is 2. The molecule has 0 radical (unpaired) electrons. The topological polar surface area (TPSA) is 55.1 Å². The van der Waals surface area contributed by atoms with Gasteiger partial charge in [-0.3, -0.25) is 4.79 Å². The van der Waals surface area contributed by atoms with Crippen LogP contribution >= 0.6 is 0 Å². The zero-order chi connectivity index (χ0) is 14.0. The average Bonchev–Trinajstić information content (AvgIpc) is 2.31. The monoisotopic (exact) mass is 266 g/mol. The summed E-state index contributed by atoms with van der Waals surface area (Å²) in [6.07, 6.45) is 7.69. The van der Waals surface area contributed by atoms with Gasteiger partial charge in [0.15, 0.2) is 0 Å². The van der Waals surface area contributed by atoms with Crippen LogP contribution in [0.5, 0.6) is 0 Å². The van der Waals surface area contributed by atoms with Crippen LogP contribution in [-0.4, -0.2) is 18.0 Å². The molecule has 0 aromatic carbocycles. The summed E-state index contributed by atoms with van der Waals surface area (Å²) in [4.78, 5) is 12.4. The third-order valence-corrected chi connectivity index (χ3v) is 5.23. The second-order valence-corrected chi connectivity index (χ2v) is 7.60. The van der Waals surface area contributed by atoms with Crippen LogP contribution in [0.4, 0.5) is 0 Å². The predicted octanol–water partition coefficient (Wildman–Crippen LogP) is 2.83. The van der Waals surface area contributed by atoms with Gasteiger partial charge >= 0.3 is 0 Å². The molecule has 0 heterocycles. The summed E-state index contributed by atoms with van der Waals surface area (Å²) in [7, 11) is 0. The number of carbonyl (C=O) groups is 1. The van der Waals surface area contributed by atoms with Crippen LogP contribution in [0.25, 0.3) is 0 Å². The number of nitrogens with one attached hydrogen (secondary N) is 1. The van der Waals surface area contributed by atoms with Crippen molar-refractivity contribution in [2.45, 2.75) is 77.8 Å². The fourth-order valence-corrected chi connectivity index (χ4v) is 3.68. The van der Waals surface area contributed by atoms with E-state index in [-0.39, 0.29) is 11.8 Å². The maximum Gasteiger partial charge on any atom is 0.223 e. The first-order chi connectivity index (χ1) is 8.87. The molecule has 3 nitrogen and oxygen atoms in total. The molecule has 0 bridgehead atoms. The molecule has 0 aromatic heterocycles. The molecule has 2 fully saturated rings. The summed E-state index contributed by atoms with van der Waals surface area (Å²) in [5, 5.41) is 3.29. The maximum absolute atomic E-state index is 12.4. The molecule has 0 aromatic rings. The highest BCUT2D eigenvalue weighted by atomic mass is 16.1. The highest BCUT2D eigenvalue weighted by molar-refractivity contribution is 5.79. The highest BCUT2D eigenvalue weighted by Gasteiger charge is 2.33. The van der Waals surface area contributed by atoms with E-state index in [1.54, 1.807) is 0 Å². The molecule has 19 heavy (non-hydrogen) atoms. The zero-order valence-electron chi connectivity index (χ0n) is 12.7. The van der Waals surface area contributed by atoms with E-state index >= 15 is 0 Å². The van der Waals surface area contributed by atoms with E-state index in [1.807, 2.05) is 0 Å². The summed E-state index contributed by atoms with van der Waals surface area (Å²) in [5.41, 5.74) is 6.43. The van der Waals surface area contributed by atoms with E-state index in [0.717, 1.165) is 32.1 Å². The summed E-state index contributed by atoms with van der Waals surface area (Å²) < 4.78 is 0. The third kappa shape index (κ3) is 3.95. The summed E-state index contributed by atoms with van der Waals surface area (Å²) in [5.74, 6) is 0.905. The van der Waals surface area contributed by atoms with Gasteiger partial charge in [0.2, 0.25) is 5.91 Å². The normalized spacial score (nSPS) is 35.9. The van der Waals surface area contributed by atoms with Crippen molar-refractivity contribution in [3.05, 3.63) is 0 Å². The second kappa shape index (κ2) is 5.82. The van der Waals surface area contributed by atoms with Crippen molar-refractivity contribution in [1.82, 2.24) is 5.32 Å². The van der Waals surface area contributed by atoms with Gasteiger partial charge in [0.25, 0.3) is 0 Å². The van der Waals surface area contributed by atoms with E-state index in [4.69, 9.17) is 5.73 Å². The minimum atomic E-state index is 0.190. The van der Waals surface area contributed by atoms with Gasteiger partial charge in [0.05, 0.1) is 0 Å². The molecular formula is C16H30N2O. The van der Waals surface area contributed by atoms with Gasteiger partial charge in [-0.05, 0) is 56.3 Å². The fraction of sp³-hybridized carbons (Fsp3) is 0.938. The highest BCUT2D eigenvalue weighted by Crippen LogP contribution is 2.35. The molecule has 0 aliphatic heterocycles. The number of rotatable bonds is 2. The van der Waals surface area contributed by atoms with Gasteiger partial charge in [-0.1, -0.05) is 20.8 Å². The molecule has 0 spiro atoms. The van der Waals surface area contributed by atoms with Crippen molar-refractivity contribution in [3.8, 4) is 0 Å². The lowest BCUT2D eigenvalue weighted by Crippen LogP contribution is -2.46. The largest absolute Gasteiger partial charge is 0.353 e. The van der Waals surface area contributed by atoms with E-state index in [1.165, 1.54) is 12.8 Å². The van der Waals surface area contributed by atoms with Crippen molar-refractivity contribution in [1.29, 1.82) is 0 Å². The number of hydrogen-bond donors (Lipinski definition) is 2. The van der Waals surface area contributed by atoms with Gasteiger partial charge in [-0.25, -0.2) is 0 Å². The zero-order valence-corrected chi connectivity index (χ0v) is 12.7. The predicted molar refractivity (Wildman–Crippen MR) is 78.7 cm³/mol. The first-order valence-corrected chi connectivity index (χ1v) is 7.93. The van der Waals surface area contributed by atoms with Crippen LogP contribution in [0.1, 0.15) is 65.7 Å². The Morgan fingerprint density at radius 1 is 1.16 bits per heavy atom. The smallest absolute Gasteiger partial charge is 0.223 e. The van der Waals surface area contributed by atoms with Gasteiger partial charge in [0, 0.05) is 18.0 Å². The lowest BCUT2D eigenvalue weighted by atomic mass is 9.75. The molecule has 110 valence electrons. The summed E-state index contributed by atoms with van der Waals surface area (Å²) >= 11 is 0. The molecule has 0 saturated heterocycles. The Balaban J connectivity index is 1.81. The minimum Gasteiger partial charge on any atom is -0.353 e. The standard InChI is InChI=1S/C16H30N2O/c1-11-10-12(17)4-5-14(11)15(19)18-13-6-8-16(2,3)9-7-13/h11-14H,4-10,17H2,1-3H3,(H,18,19). The van der Waals surface area contributed by atoms with E-state index < -0.39 is 0 Å². The molecule has 2 aliphatic rings. The van der Waals surface area contributed by atoms with Crippen molar-refractivity contribution >= 4 is 5.91 Å². The number of carbonyl (C=O) groups excluding carboxylic acids is 1. The Morgan fingerprint density at radius 3 is 2.37 bits per heavy atom.